The normalized spacial score (nSPS) is 12.2. The molecule has 0 aliphatic heterocycles. The first kappa shape index (κ1) is 18.1. The lowest BCUT2D eigenvalue weighted by molar-refractivity contribution is 0.256. The highest BCUT2D eigenvalue weighted by Gasteiger charge is 2.11. The predicted octanol–water partition coefficient (Wildman–Crippen LogP) is 4.29. The molecule has 1 unspecified atom stereocenters. The van der Waals surface area contributed by atoms with Crippen LogP contribution in [0.2, 0.25) is 0 Å². The minimum absolute atomic E-state index is 0.153. The Kier molecular flexibility index (Phi) is 6.50. The van der Waals surface area contributed by atoms with Crippen molar-refractivity contribution < 1.29 is 14.6 Å². The van der Waals surface area contributed by atoms with Gasteiger partial charge in [0.1, 0.15) is 5.75 Å². The molecular weight excluding hydrogens is 302 g/mol. The number of ether oxygens (including phenoxy) is 2. The molecule has 0 fully saturated rings. The summed E-state index contributed by atoms with van der Waals surface area (Å²) in [5, 5.41) is 13.0. The van der Waals surface area contributed by atoms with E-state index in [0.29, 0.717) is 19.1 Å². The number of phenols is 1. The second-order valence-corrected chi connectivity index (χ2v) is 6.39. The van der Waals surface area contributed by atoms with Crippen molar-refractivity contribution in [2.45, 2.75) is 33.4 Å². The van der Waals surface area contributed by atoms with Gasteiger partial charge in [-0.2, -0.15) is 0 Å². The van der Waals surface area contributed by atoms with Gasteiger partial charge in [0.05, 0.1) is 13.7 Å². The number of methoxy groups -OCH3 is 1. The third kappa shape index (κ3) is 5.17. The maximum atomic E-state index is 9.53. The number of hydrogen-bond acceptors (Lipinski definition) is 4. The Balaban J connectivity index is 2.02. The summed E-state index contributed by atoms with van der Waals surface area (Å²) in [7, 11) is 1.66. The number of benzene rings is 2. The first-order chi connectivity index (χ1) is 11.5. The van der Waals surface area contributed by atoms with Crippen molar-refractivity contribution >= 4 is 0 Å². The number of aromatic hydroxyl groups is 1. The maximum Gasteiger partial charge on any atom is 0.161 e. The fraction of sp³-hybridized carbons (Fsp3) is 0.400. The summed E-state index contributed by atoms with van der Waals surface area (Å²) < 4.78 is 11.3. The third-order valence-corrected chi connectivity index (χ3v) is 3.78. The average molecular weight is 329 g/mol. The first-order valence-corrected chi connectivity index (χ1v) is 8.31. The molecule has 1 atom stereocenters. The van der Waals surface area contributed by atoms with Gasteiger partial charge in [0, 0.05) is 12.6 Å². The van der Waals surface area contributed by atoms with Gasteiger partial charge in [-0.1, -0.05) is 32.0 Å². The summed E-state index contributed by atoms with van der Waals surface area (Å²) in [6.07, 6.45) is 0. The van der Waals surface area contributed by atoms with Gasteiger partial charge in [0.15, 0.2) is 11.5 Å². The number of nitrogens with one attached hydrogen (secondary N) is 1. The average Bonchev–Trinajstić information content (AvgIpc) is 2.57. The van der Waals surface area contributed by atoms with Crippen LogP contribution in [0.5, 0.6) is 17.2 Å². The van der Waals surface area contributed by atoms with E-state index in [2.05, 4.69) is 32.2 Å². The molecular formula is C20H27NO3. The van der Waals surface area contributed by atoms with Gasteiger partial charge >= 0.3 is 0 Å². The van der Waals surface area contributed by atoms with Crippen molar-refractivity contribution in [1.29, 1.82) is 0 Å². The summed E-state index contributed by atoms with van der Waals surface area (Å²) in [5.41, 5.74) is 2.18. The number of phenolic OH excluding ortho intramolecular Hbond substituents is 1. The number of rotatable bonds is 8. The van der Waals surface area contributed by atoms with Crippen LogP contribution in [0.15, 0.2) is 42.5 Å². The van der Waals surface area contributed by atoms with Crippen LogP contribution in [0, 0.1) is 5.92 Å². The molecule has 0 saturated heterocycles. The fourth-order valence-electron chi connectivity index (χ4n) is 2.38. The molecule has 0 amide bonds. The Bertz CT molecular complexity index is 655. The van der Waals surface area contributed by atoms with Crippen LogP contribution in [-0.4, -0.2) is 18.8 Å². The molecule has 0 aliphatic carbocycles. The largest absolute Gasteiger partial charge is 0.508 e. The Morgan fingerprint density at radius 3 is 2.50 bits per heavy atom. The van der Waals surface area contributed by atoms with Gasteiger partial charge in [-0.25, -0.2) is 0 Å². The molecule has 0 radical (unpaired) electrons. The fourth-order valence-corrected chi connectivity index (χ4v) is 2.38. The monoisotopic (exact) mass is 329 g/mol. The molecule has 2 rings (SSSR count). The van der Waals surface area contributed by atoms with Gasteiger partial charge in [-0.3, -0.25) is 0 Å². The topological polar surface area (TPSA) is 50.7 Å². The van der Waals surface area contributed by atoms with Crippen LogP contribution >= 0.6 is 0 Å². The molecule has 2 aromatic carbocycles. The summed E-state index contributed by atoms with van der Waals surface area (Å²) >= 11 is 0. The molecule has 4 heteroatoms. The van der Waals surface area contributed by atoms with E-state index < -0.39 is 0 Å². The molecule has 0 saturated carbocycles. The lowest BCUT2D eigenvalue weighted by atomic mass is 10.1. The van der Waals surface area contributed by atoms with Crippen LogP contribution in [0.4, 0.5) is 0 Å². The van der Waals surface area contributed by atoms with E-state index in [9.17, 15) is 5.11 Å². The van der Waals surface area contributed by atoms with Gasteiger partial charge in [-0.15, -0.1) is 0 Å². The maximum absolute atomic E-state index is 9.53. The molecule has 2 aromatic rings. The molecule has 130 valence electrons. The molecule has 0 aromatic heterocycles. The second kappa shape index (κ2) is 8.60. The summed E-state index contributed by atoms with van der Waals surface area (Å²) in [5.74, 6) is 2.28. The highest BCUT2D eigenvalue weighted by molar-refractivity contribution is 5.43. The van der Waals surface area contributed by atoms with Crippen LogP contribution in [0.25, 0.3) is 0 Å². The molecule has 0 aliphatic rings. The third-order valence-electron chi connectivity index (χ3n) is 3.78. The minimum Gasteiger partial charge on any atom is -0.508 e. The van der Waals surface area contributed by atoms with Crippen LogP contribution in [-0.2, 0) is 6.54 Å². The smallest absolute Gasteiger partial charge is 0.161 e. The zero-order valence-corrected chi connectivity index (χ0v) is 14.9. The van der Waals surface area contributed by atoms with Crippen molar-refractivity contribution in [3.05, 3.63) is 53.6 Å². The predicted molar refractivity (Wildman–Crippen MR) is 96.7 cm³/mol. The number of hydrogen-bond donors (Lipinski definition) is 2. The zero-order chi connectivity index (χ0) is 17.5. The second-order valence-electron chi connectivity index (χ2n) is 6.39. The van der Waals surface area contributed by atoms with E-state index in [1.807, 2.05) is 24.3 Å². The Hall–Kier alpha value is -2.20. The van der Waals surface area contributed by atoms with E-state index in [0.717, 1.165) is 22.6 Å². The molecule has 2 N–H and O–H groups in total. The Labute approximate surface area is 144 Å². The lowest BCUT2D eigenvalue weighted by Crippen LogP contribution is -2.18. The van der Waals surface area contributed by atoms with Crippen LogP contribution in [0.3, 0.4) is 0 Å². The Morgan fingerprint density at radius 1 is 1.04 bits per heavy atom. The van der Waals surface area contributed by atoms with Gasteiger partial charge in [-0.05, 0) is 48.2 Å². The molecule has 0 heterocycles. The van der Waals surface area contributed by atoms with E-state index >= 15 is 0 Å². The highest BCUT2D eigenvalue weighted by Crippen LogP contribution is 2.30. The summed E-state index contributed by atoms with van der Waals surface area (Å²) in [4.78, 5) is 0. The standard InChI is InChI=1S/C20H27NO3/c1-14(2)13-24-19-9-8-17(11-20(19)23-4)15(3)21-12-16-6-5-7-18(22)10-16/h5-11,14-15,21-22H,12-13H2,1-4H3. The SMILES string of the molecule is COc1cc(C(C)NCc2cccc(O)c2)ccc1OCC(C)C. The molecule has 0 spiro atoms. The highest BCUT2D eigenvalue weighted by atomic mass is 16.5. The van der Waals surface area contributed by atoms with Crippen molar-refractivity contribution in [1.82, 2.24) is 5.32 Å². The molecule has 24 heavy (non-hydrogen) atoms. The van der Waals surface area contributed by atoms with Crippen LogP contribution < -0.4 is 14.8 Å². The first-order valence-electron chi connectivity index (χ1n) is 8.31. The lowest BCUT2D eigenvalue weighted by Gasteiger charge is -2.18. The zero-order valence-electron chi connectivity index (χ0n) is 14.9. The van der Waals surface area contributed by atoms with Crippen molar-refractivity contribution in [3.63, 3.8) is 0 Å². The van der Waals surface area contributed by atoms with E-state index in [1.54, 1.807) is 19.2 Å². The quantitative estimate of drug-likeness (QED) is 0.759. The van der Waals surface area contributed by atoms with Crippen molar-refractivity contribution in [3.8, 4) is 17.2 Å². The van der Waals surface area contributed by atoms with Crippen molar-refractivity contribution in [2.24, 2.45) is 5.92 Å². The molecule has 0 bridgehead atoms. The molecule has 4 nitrogen and oxygen atoms in total. The van der Waals surface area contributed by atoms with E-state index in [-0.39, 0.29) is 11.8 Å². The van der Waals surface area contributed by atoms with Gasteiger partial charge < -0.3 is 19.9 Å². The van der Waals surface area contributed by atoms with Gasteiger partial charge in [0.25, 0.3) is 0 Å². The summed E-state index contributed by atoms with van der Waals surface area (Å²) in [6, 6.07) is 13.5. The Morgan fingerprint density at radius 2 is 1.83 bits per heavy atom. The van der Waals surface area contributed by atoms with E-state index in [4.69, 9.17) is 9.47 Å². The van der Waals surface area contributed by atoms with E-state index in [1.165, 1.54) is 0 Å². The van der Waals surface area contributed by atoms with Crippen molar-refractivity contribution in [2.75, 3.05) is 13.7 Å². The minimum atomic E-state index is 0.153. The summed E-state index contributed by atoms with van der Waals surface area (Å²) in [6.45, 7) is 7.69. The van der Waals surface area contributed by atoms with Crippen LogP contribution in [0.1, 0.15) is 37.9 Å². The van der Waals surface area contributed by atoms with Gasteiger partial charge in [0.2, 0.25) is 0 Å².